The highest BCUT2D eigenvalue weighted by Crippen LogP contribution is 2.24. The lowest BCUT2D eigenvalue weighted by atomic mass is 9.99. The standard InChI is InChI=1S/C22H28N2O4S/c1-17-5-9-20(10-6-17)28-15-13-23-22(25)19-4-3-14-24(16-19)29(26,27)21-11-7-18(2)8-12-21/h5-12,19H,3-4,13-16H2,1-2H3,(H,23,25)/t19-/m0/s1. The van der Waals surface area contributed by atoms with Crippen molar-refractivity contribution in [1.82, 2.24) is 9.62 Å². The molecule has 0 spiro atoms. The van der Waals surface area contributed by atoms with Crippen LogP contribution in [0.15, 0.2) is 53.4 Å². The van der Waals surface area contributed by atoms with Crippen LogP contribution < -0.4 is 10.1 Å². The van der Waals surface area contributed by atoms with Crippen LogP contribution in [0.4, 0.5) is 0 Å². The molecule has 1 heterocycles. The molecule has 156 valence electrons. The Morgan fingerprint density at radius 2 is 1.69 bits per heavy atom. The van der Waals surface area contributed by atoms with Crippen molar-refractivity contribution in [1.29, 1.82) is 0 Å². The zero-order valence-electron chi connectivity index (χ0n) is 16.9. The van der Waals surface area contributed by atoms with Gasteiger partial charge in [0, 0.05) is 13.1 Å². The summed E-state index contributed by atoms with van der Waals surface area (Å²) in [7, 11) is -3.58. The SMILES string of the molecule is Cc1ccc(OCCNC(=O)[C@H]2CCCN(S(=O)(=O)c3ccc(C)cc3)C2)cc1. The first-order valence-corrected chi connectivity index (χ1v) is 11.3. The van der Waals surface area contributed by atoms with Crippen molar-refractivity contribution in [2.45, 2.75) is 31.6 Å². The summed E-state index contributed by atoms with van der Waals surface area (Å²) in [6, 6.07) is 14.5. The number of carbonyl (C=O) groups is 1. The number of aryl methyl sites for hydroxylation is 2. The number of amides is 1. The molecule has 0 aliphatic carbocycles. The Morgan fingerprint density at radius 3 is 2.34 bits per heavy atom. The Morgan fingerprint density at radius 1 is 1.07 bits per heavy atom. The molecule has 2 aromatic carbocycles. The molecular formula is C22H28N2O4S. The van der Waals surface area contributed by atoms with Gasteiger partial charge in [0.1, 0.15) is 12.4 Å². The molecule has 29 heavy (non-hydrogen) atoms. The highest BCUT2D eigenvalue weighted by atomic mass is 32.2. The van der Waals surface area contributed by atoms with Gasteiger partial charge < -0.3 is 10.1 Å². The molecule has 0 radical (unpaired) electrons. The molecule has 6 nitrogen and oxygen atoms in total. The summed E-state index contributed by atoms with van der Waals surface area (Å²) in [4.78, 5) is 12.8. The second kappa shape index (κ2) is 9.41. The molecule has 0 saturated carbocycles. The maximum Gasteiger partial charge on any atom is 0.243 e. The number of rotatable bonds is 7. The normalized spacial score (nSPS) is 17.7. The Labute approximate surface area is 172 Å². The van der Waals surface area contributed by atoms with Gasteiger partial charge in [-0.15, -0.1) is 0 Å². The van der Waals surface area contributed by atoms with E-state index < -0.39 is 10.0 Å². The molecule has 2 aromatic rings. The van der Waals surface area contributed by atoms with Crippen molar-refractivity contribution in [3.05, 3.63) is 59.7 Å². The number of nitrogens with one attached hydrogen (secondary N) is 1. The molecule has 1 aliphatic heterocycles. The van der Waals surface area contributed by atoms with Gasteiger partial charge in [-0.2, -0.15) is 4.31 Å². The van der Waals surface area contributed by atoms with E-state index in [0.717, 1.165) is 16.9 Å². The van der Waals surface area contributed by atoms with Crippen LogP contribution in [0.1, 0.15) is 24.0 Å². The monoisotopic (exact) mass is 416 g/mol. The third-order valence-corrected chi connectivity index (χ3v) is 6.98. The van der Waals surface area contributed by atoms with Crippen molar-refractivity contribution in [2.24, 2.45) is 5.92 Å². The van der Waals surface area contributed by atoms with Crippen molar-refractivity contribution in [3.8, 4) is 5.75 Å². The fourth-order valence-electron chi connectivity index (χ4n) is 3.36. The molecule has 0 unspecified atom stereocenters. The van der Waals surface area contributed by atoms with E-state index in [-0.39, 0.29) is 23.3 Å². The molecule has 0 aromatic heterocycles. The van der Waals surface area contributed by atoms with Gasteiger partial charge >= 0.3 is 0 Å². The summed E-state index contributed by atoms with van der Waals surface area (Å²) < 4.78 is 32.8. The lowest BCUT2D eigenvalue weighted by Gasteiger charge is -2.31. The summed E-state index contributed by atoms with van der Waals surface area (Å²) in [5.74, 6) is 0.294. The summed E-state index contributed by atoms with van der Waals surface area (Å²) >= 11 is 0. The summed E-state index contributed by atoms with van der Waals surface area (Å²) in [6.45, 7) is 5.33. The van der Waals surface area contributed by atoms with Crippen LogP contribution >= 0.6 is 0 Å². The molecule has 1 amide bonds. The highest BCUT2D eigenvalue weighted by Gasteiger charge is 2.33. The zero-order chi connectivity index (χ0) is 20.9. The number of piperidine rings is 1. The van der Waals surface area contributed by atoms with Gasteiger partial charge in [-0.25, -0.2) is 8.42 Å². The Balaban J connectivity index is 1.51. The van der Waals surface area contributed by atoms with Crippen LogP contribution in [-0.2, 0) is 14.8 Å². The number of ether oxygens (including phenoxy) is 1. The van der Waals surface area contributed by atoms with Gasteiger partial charge in [-0.3, -0.25) is 4.79 Å². The van der Waals surface area contributed by atoms with E-state index in [1.54, 1.807) is 24.3 Å². The quantitative estimate of drug-likeness (QED) is 0.704. The number of hydrogen-bond acceptors (Lipinski definition) is 4. The maximum atomic E-state index is 12.9. The van der Waals surface area contributed by atoms with Gasteiger partial charge in [0.05, 0.1) is 17.4 Å². The van der Waals surface area contributed by atoms with E-state index in [9.17, 15) is 13.2 Å². The van der Waals surface area contributed by atoms with E-state index in [2.05, 4.69) is 5.32 Å². The van der Waals surface area contributed by atoms with Crippen LogP contribution in [-0.4, -0.2) is 44.9 Å². The van der Waals surface area contributed by atoms with Gasteiger partial charge in [-0.1, -0.05) is 35.4 Å². The lowest BCUT2D eigenvalue weighted by molar-refractivity contribution is -0.126. The second-order valence-electron chi connectivity index (χ2n) is 7.47. The fourth-order valence-corrected chi connectivity index (χ4v) is 4.88. The minimum atomic E-state index is -3.58. The third kappa shape index (κ3) is 5.58. The number of carbonyl (C=O) groups excluding carboxylic acids is 1. The van der Waals surface area contributed by atoms with E-state index in [0.29, 0.717) is 32.5 Å². The molecule has 7 heteroatoms. The minimum Gasteiger partial charge on any atom is -0.492 e. The molecule has 1 atom stereocenters. The first-order valence-electron chi connectivity index (χ1n) is 9.90. The third-order valence-electron chi connectivity index (χ3n) is 5.10. The Bertz CT molecular complexity index is 924. The molecule has 1 aliphatic rings. The fraction of sp³-hybridized carbons (Fsp3) is 0.409. The summed E-state index contributed by atoms with van der Waals surface area (Å²) in [6.07, 6.45) is 1.35. The Hall–Kier alpha value is -2.38. The molecular weight excluding hydrogens is 388 g/mol. The van der Waals surface area contributed by atoms with Crippen molar-refractivity contribution >= 4 is 15.9 Å². The number of sulfonamides is 1. The lowest BCUT2D eigenvalue weighted by Crippen LogP contribution is -2.45. The van der Waals surface area contributed by atoms with Crippen LogP contribution in [0.25, 0.3) is 0 Å². The first kappa shape index (κ1) is 21.3. The molecule has 1 fully saturated rings. The average Bonchev–Trinajstić information content (AvgIpc) is 2.73. The minimum absolute atomic E-state index is 0.124. The second-order valence-corrected chi connectivity index (χ2v) is 9.41. The van der Waals surface area contributed by atoms with Crippen LogP contribution in [0.3, 0.4) is 0 Å². The predicted octanol–water partition coefficient (Wildman–Crippen LogP) is 2.90. The van der Waals surface area contributed by atoms with E-state index in [1.807, 2.05) is 38.1 Å². The summed E-state index contributed by atoms with van der Waals surface area (Å²) in [5.41, 5.74) is 2.17. The molecule has 3 rings (SSSR count). The molecule has 1 saturated heterocycles. The smallest absolute Gasteiger partial charge is 0.243 e. The number of benzene rings is 2. The Kier molecular flexibility index (Phi) is 6.92. The van der Waals surface area contributed by atoms with Gasteiger partial charge in [0.25, 0.3) is 0 Å². The van der Waals surface area contributed by atoms with Crippen molar-refractivity contribution in [2.75, 3.05) is 26.2 Å². The molecule has 1 N–H and O–H groups in total. The highest BCUT2D eigenvalue weighted by molar-refractivity contribution is 7.89. The van der Waals surface area contributed by atoms with E-state index in [4.69, 9.17) is 4.74 Å². The molecule has 0 bridgehead atoms. The van der Waals surface area contributed by atoms with Crippen LogP contribution in [0, 0.1) is 19.8 Å². The topological polar surface area (TPSA) is 75.7 Å². The predicted molar refractivity (Wildman–Crippen MR) is 112 cm³/mol. The maximum absolute atomic E-state index is 12.9. The van der Waals surface area contributed by atoms with Crippen LogP contribution in [0.2, 0.25) is 0 Å². The van der Waals surface area contributed by atoms with E-state index in [1.165, 1.54) is 4.31 Å². The van der Waals surface area contributed by atoms with Crippen molar-refractivity contribution < 1.29 is 17.9 Å². The largest absolute Gasteiger partial charge is 0.492 e. The van der Waals surface area contributed by atoms with Gasteiger partial charge in [0.2, 0.25) is 15.9 Å². The number of nitrogens with zero attached hydrogens (tertiary/aromatic N) is 1. The van der Waals surface area contributed by atoms with Gasteiger partial charge in [-0.05, 0) is 51.0 Å². The van der Waals surface area contributed by atoms with E-state index >= 15 is 0 Å². The average molecular weight is 417 g/mol. The summed E-state index contributed by atoms with van der Waals surface area (Å²) in [5, 5.41) is 2.87. The first-order chi connectivity index (χ1) is 13.9. The van der Waals surface area contributed by atoms with Crippen LogP contribution in [0.5, 0.6) is 5.75 Å². The van der Waals surface area contributed by atoms with Gasteiger partial charge in [0.15, 0.2) is 0 Å². The van der Waals surface area contributed by atoms with Crippen molar-refractivity contribution in [3.63, 3.8) is 0 Å². The zero-order valence-corrected chi connectivity index (χ0v) is 17.7. The number of hydrogen-bond donors (Lipinski definition) is 1.